The molecule has 0 bridgehead atoms. The summed E-state index contributed by atoms with van der Waals surface area (Å²) in [6.45, 7) is 8.00. The van der Waals surface area contributed by atoms with Gasteiger partial charge in [0.05, 0.1) is 0 Å². The highest BCUT2D eigenvalue weighted by Gasteiger charge is 1.34. The van der Waals surface area contributed by atoms with Crippen molar-refractivity contribution in [1.82, 2.24) is 0 Å². The van der Waals surface area contributed by atoms with Gasteiger partial charge < -0.3 is 0 Å². The van der Waals surface area contributed by atoms with Crippen LogP contribution in [0.2, 0.25) is 0 Å². The molecule has 0 saturated heterocycles. The van der Waals surface area contributed by atoms with E-state index in [-0.39, 0.29) is 13.5 Å². The maximum absolute atomic E-state index is 2.00. The van der Waals surface area contributed by atoms with Crippen LogP contribution in [0, 0.1) is 0 Å². The van der Waals surface area contributed by atoms with Gasteiger partial charge in [0.15, 0.2) is 0 Å². The van der Waals surface area contributed by atoms with Gasteiger partial charge in [-0.05, 0) is 27.7 Å². The molecular formula is C8H18S. The SMILES string of the molecule is C/C=C/C.C/C=C/C.S. The van der Waals surface area contributed by atoms with Gasteiger partial charge in [-0.1, -0.05) is 24.3 Å². The van der Waals surface area contributed by atoms with Gasteiger partial charge >= 0.3 is 0 Å². The molecule has 0 amide bonds. The van der Waals surface area contributed by atoms with Crippen molar-refractivity contribution in [3.05, 3.63) is 24.3 Å². The zero-order chi connectivity index (χ0) is 6.83. The molecular weight excluding hydrogens is 128 g/mol. The molecule has 0 aliphatic rings. The second kappa shape index (κ2) is 24.9. The van der Waals surface area contributed by atoms with Crippen LogP contribution in [-0.4, -0.2) is 0 Å². The second-order valence-electron chi connectivity index (χ2n) is 1.33. The maximum Gasteiger partial charge on any atom is -0.0470 e. The first-order chi connectivity index (χ1) is 3.83. The molecule has 0 N–H and O–H groups in total. The topological polar surface area (TPSA) is 0 Å². The molecule has 1 heteroatoms. The van der Waals surface area contributed by atoms with E-state index in [4.69, 9.17) is 0 Å². The van der Waals surface area contributed by atoms with E-state index >= 15 is 0 Å². The third kappa shape index (κ3) is 79.5. The summed E-state index contributed by atoms with van der Waals surface area (Å²) in [4.78, 5) is 0. The van der Waals surface area contributed by atoms with E-state index < -0.39 is 0 Å². The Bertz CT molecular complexity index is 45.0. The summed E-state index contributed by atoms with van der Waals surface area (Å²) < 4.78 is 0. The molecule has 0 atom stereocenters. The van der Waals surface area contributed by atoms with E-state index in [1.165, 1.54) is 0 Å². The molecule has 0 aliphatic heterocycles. The molecule has 0 aromatic carbocycles. The second-order valence-corrected chi connectivity index (χ2v) is 1.33. The fourth-order valence-electron chi connectivity index (χ4n) is 0. The van der Waals surface area contributed by atoms with E-state index in [0.29, 0.717) is 0 Å². The lowest BCUT2D eigenvalue weighted by Gasteiger charge is -1.49. The molecule has 9 heavy (non-hydrogen) atoms. The number of hydrogen-bond acceptors (Lipinski definition) is 0. The number of hydrogen-bond donors (Lipinski definition) is 0. The van der Waals surface area contributed by atoms with Crippen molar-refractivity contribution in [2.75, 3.05) is 0 Å². The van der Waals surface area contributed by atoms with Crippen molar-refractivity contribution in [2.24, 2.45) is 0 Å². The van der Waals surface area contributed by atoms with Crippen molar-refractivity contribution in [1.29, 1.82) is 0 Å². The summed E-state index contributed by atoms with van der Waals surface area (Å²) in [5.41, 5.74) is 0. The Kier molecular flexibility index (Phi) is 44.1. The summed E-state index contributed by atoms with van der Waals surface area (Å²) in [6.07, 6.45) is 8.00. The zero-order valence-corrected chi connectivity index (χ0v) is 7.81. The Hall–Kier alpha value is -0.170. The fraction of sp³-hybridized carbons (Fsp3) is 0.500. The summed E-state index contributed by atoms with van der Waals surface area (Å²) in [5, 5.41) is 0. The van der Waals surface area contributed by atoms with Crippen LogP contribution < -0.4 is 0 Å². The molecule has 0 saturated carbocycles. The van der Waals surface area contributed by atoms with Crippen molar-refractivity contribution in [3.63, 3.8) is 0 Å². The summed E-state index contributed by atoms with van der Waals surface area (Å²) in [6, 6.07) is 0. The van der Waals surface area contributed by atoms with Crippen LogP contribution in [-0.2, 0) is 0 Å². The molecule has 0 unspecified atom stereocenters. The van der Waals surface area contributed by atoms with Crippen LogP contribution in [0.1, 0.15) is 27.7 Å². The largest absolute Gasteiger partial charge is 0.197 e. The minimum atomic E-state index is 0. The normalized spacial score (nSPS) is 8.44. The third-order valence-corrected chi connectivity index (χ3v) is 0.667. The van der Waals surface area contributed by atoms with Gasteiger partial charge in [0.2, 0.25) is 0 Å². The Morgan fingerprint density at radius 3 is 0.667 bits per heavy atom. The van der Waals surface area contributed by atoms with Gasteiger partial charge in [-0.3, -0.25) is 0 Å². The van der Waals surface area contributed by atoms with Gasteiger partial charge in [0, 0.05) is 0 Å². The highest BCUT2D eigenvalue weighted by molar-refractivity contribution is 7.59. The van der Waals surface area contributed by atoms with Gasteiger partial charge in [0.1, 0.15) is 0 Å². The van der Waals surface area contributed by atoms with E-state index in [1.54, 1.807) is 0 Å². The first kappa shape index (κ1) is 15.9. The molecule has 56 valence electrons. The van der Waals surface area contributed by atoms with Gasteiger partial charge in [-0.2, -0.15) is 13.5 Å². The van der Waals surface area contributed by atoms with Crippen LogP contribution in [0.3, 0.4) is 0 Å². The standard InChI is InChI=1S/2C4H8.H2S/c2*1-3-4-2;/h2*3-4H,1-2H3;1H2/b2*4-3+;. The van der Waals surface area contributed by atoms with E-state index in [9.17, 15) is 0 Å². The summed E-state index contributed by atoms with van der Waals surface area (Å²) in [5.74, 6) is 0. The van der Waals surface area contributed by atoms with Gasteiger partial charge in [0.25, 0.3) is 0 Å². The molecule has 0 aromatic heterocycles. The van der Waals surface area contributed by atoms with Crippen LogP contribution in [0.5, 0.6) is 0 Å². The number of rotatable bonds is 0. The first-order valence-electron chi connectivity index (χ1n) is 2.98. The first-order valence-corrected chi connectivity index (χ1v) is 2.98. The Morgan fingerprint density at radius 1 is 0.556 bits per heavy atom. The lowest BCUT2D eigenvalue weighted by molar-refractivity contribution is 1.64. The highest BCUT2D eigenvalue weighted by atomic mass is 32.1. The monoisotopic (exact) mass is 146 g/mol. The Morgan fingerprint density at radius 2 is 0.667 bits per heavy atom. The predicted octanol–water partition coefficient (Wildman–Crippen LogP) is 3.28. The smallest absolute Gasteiger partial charge is 0.0470 e. The molecule has 0 spiro atoms. The van der Waals surface area contributed by atoms with E-state index in [0.717, 1.165) is 0 Å². The molecule has 0 nitrogen and oxygen atoms in total. The van der Waals surface area contributed by atoms with E-state index in [2.05, 4.69) is 0 Å². The minimum absolute atomic E-state index is 0. The molecule has 0 fully saturated rings. The highest BCUT2D eigenvalue weighted by Crippen LogP contribution is 1.57. The van der Waals surface area contributed by atoms with Gasteiger partial charge in [-0.15, -0.1) is 0 Å². The maximum atomic E-state index is 2.00. The quantitative estimate of drug-likeness (QED) is 0.460. The zero-order valence-electron chi connectivity index (χ0n) is 6.81. The van der Waals surface area contributed by atoms with Crippen molar-refractivity contribution >= 4 is 13.5 Å². The van der Waals surface area contributed by atoms with E-state index in [1.807, 2.05) is 52.0 Å². The van der Waals surface area contributed by atoms with Crippen LogP contribution in [0.25, 0.3) is 0 Å². The lowest BCUT2D eigenvalue weighted by Crippen LogP contribution is -1.26. The third-order valence-electron chi connectivity index (χ3n) is 0.667. The average molecular weight is 146 g/mol. The fourth-order valence-corrected chi connectivity index (χ4v) is 0. The summed E-state index contributed by atoms with van der Waals surface area (Å²) >= 11 is 0. The Balaban J connectivity index is -0.0000000720. The predicted molar refractivity (Wildman–Crippen MR) is 51.4 cm³/mol. The van der Waals surface area contributed by atoms with Crippen LogP contribution in [0.4, 0.5) is 0 Å². The van der Waals surface area contributed by atoms with Crippen molar-refractivity contribution in [3.8, 4) is 0 Å². The number of allylic oxidation sites excluding steroid dienone is 4. The molecule has 0 aromatic rings. The molecule has 0 aliphatic carbocycles. The Labute approximate surface area is 66.1 Å². The summed E-state index contributed by atoms with van der Waals surface area (Å²) in [7, 11) is 0. The average Bonchev–Trinajstić information content (AvgIpc) is 1.88. The minimum Gasteiger partial charge on any atom is -0.197 e. The van der Waals surface area contributed by atoms with Crippen LogP contribution >= 0.6 is 13.5 Å². The molecule has 0 rings (SSSR count). The van der Waals surface area contributed by atoms with Gasteiger partial charge in [-0.25, -0.2) is 0 Å². The lowest BCUT2D eigenvalue weighted by atomic mass is 10.6. The molecule has 0 radical (unpaired) electrons. The van der Waals surface area contributed by atoms with Crippen molar-refractivity contribution in [2.45, 2.75) is 27.7 Å². The van der Waals surface area contributed by atoms with Crippen molar-refractivity contribution < 1.29 is 0 Å². The van der Waals surface area contributed by atoms with Crippen LogP contribution in [0.15, 0.2) is 24.3 Å². The molecule has 0 heterocycles.